The van der Waals surface area contributed by atoms with Gasteiger partial charge in [0.1, 0.15) is 23.6 Å². The lowest BCUT2D eigenvalue weighted by molar-refractivity contribution is -0.125. The summed E-state index contributed by atoms with van der Waals surface area (Å²) in [6, 6.07) is 2.19. The van der Waals surface area contributed by atoms with Crippen LogP contribution >= 0.6 is 0 Å². The second-order valence-corrected chi connectivity index (χ2v) is 6.54. The number of halogens is 2. The van der Waals surface area contributed by atoms with Gasteiger partial charge < -0.3 is 25.7 Å². The van der Waals surface area contributed by atoms with E-state index in [9.17, 15) is 28.0 Å². The van der Waals surface area contributed by atoms with Crippen LogP contribution in [0.1, 0.15) is 23.3 Å². The summed E-state index contributed by atoms with van der Waals surface area (Å²) in [5.74, 6) is -3.41. The monoisotopic (exact) mass is 392 g/mol. The Morgan fingerprint density at radius 2 is 2.07 bits per heavy atom. The number of carbonyl (C=O) groups excluding carboxylic acids is 4. The number of amides is 3. The summed E-state index contributed by atoms with van der Waals surface area (Å²) in [6.07, 6.45) is 1.32. The molecule has 1 saturated heterocycles. The maximum atomic E-state index is 13.7. The van der Waals surface area contributed by atoms with Gasteiger partial charge in [-0.25, -0.2) is 8.78 Å². The van der Waals surface area contributed by atoms with Crippen LogP contribution in [0.5, 0.6) is 0 Å². The van der Waals surface area contributed by atoms with Crippen LogP contribution in [0.15, 0.2) is 18.2 Å². The van der Waals surface area contributed by atoms with Crippen LogP contribution < -0.4 is 16.0 Å². The molecule has 0 spiro atoms. The largest absolute Gasteiger partial charge is 0.356 e. The number of hydrogen-bond acceptors (Lipinski definition) is 4. The first-order valence-electron chi connectivity index (χ1n) is 8.65. The van der Waals surface area contributed by atoms with Gasteiger partial charge in [0.05, 0.1) is 18.1 Å². The summed E-state index contributed by atoms with van der Waals surface area (Å²) in [6.45, 7) is 0.111. The molecule has 1 unspecified atom stereocenters. The zero-order valence-corrected chi connectivity index (χ0v) is 14.7. The number of aldehydes is 1. The highest BCUT2D eigenvalue weighted by molar-refractivity contribution is 5.99. The van der Waals surface area contributed by atoms with Crippen molar-refractivity contribution in [2.24, 2.45) is 5.92 Å². The van der Waals surface area contributed by atoms with Crippen LogP contribution in [0, 0.1) is 17.6 Å². The zero-order valence-electron chi connectivity index (χ0n) is 14.7. The Bertz CT molecular complexity index is 943. The molecule has 4 N–H and O–H groups in total. The number of hydrogen-bond donors (Lipinski definition) is 4. The zero-order chi connectivity index (χ0) is 20.3. The molecule has 1 aliphatic rings. The summed E-state index contributed by atoms with van der Waals surface area (Å²) in [5, 5.41) is 7.61. The average Bonchev–Trinajstić information content (AvgIpc) is 3.25. The van der Waals surface area contributed by atoms with Crippen LogP contribution in [0.4, 0.5) is 8.78 Å². The molecule has 3 rings (SSSR count). The maximum absolute atomic E-state index is 13.7. The van der Waals surface area contributed by atoms with Gasteiger partial charge in [0.2, 0.25) is 11.8 Å². The summed E-state index contributed by atoms with van der Waals surface area (Å²) in [4.78, 5) is 49.3. The minimum atomic E-state index is -0.844. The van der Waals surface area contributed by atoms with E-state index in [0.717, 1.165) is 6.07 Å². The van der Waals surface area contributed by atoms with Gasteiger partial charge in [-0.2, -0.15) is 0 Å². The molecular formula is C18H18F2N4O4. The van der Waals surface area contributed by atoms with Gasteiger partial charge in [-0.3, -0.25) is 14.4 Å². The molecule has 2 heterocycles. The molecule has 0 radical (unpaired) electrons. The molecule has 2 atom stereocenters. The second-order valence-electron chi connectivity index (χ2n) is 6.54. The van der Waals surface area contributed by atoms with Crippen LogP contribution in [-0.2, 0) is 14.4 Å². The Hall–Kier alpha value is -3.30. The van der Waals surface area contributed by atoms with Crippen molar-refractivity contribution in [3.63, 3.8) is 0 Å². The van der Waals surface area contributed by atoms with Crippen LogP contribution in [0.25, 0.3) is 10.9 Å². The predicted octanol–water partition coefficient (Wildman–Crippen LogP) is 0.386. The normalized spacial score (nSPS) is 17.2. The average molecular weight is 392 g/mol. The lowest BCUT2D eigenvalue weighted by Crippen LogP contribution is -2.44. The fourth-order valence-electron chi connectivity index (χ4n) is 3.13. The number of fused-ring (bicyclic) bond motifs is 1. The highest BCUT2D eigenvalue weighted by Gasteiger charge is 2.27. The van der Waals surface area contributed by atoms with Gasteiger partial charge in [0.25, 0.3) is 5.91 Å². The van der Waals surface area contributed by atoms with E-state index in [2.05, 4.69) is 20.9 Å². The number of aromatic nitrogens is 1. The number of rotatable bonds is 7. The Morgan fingerprint density at radius 1 is 1.29 bits per heavy atom. The molecule has 1 fully saturated rings. The molecule has 2 aromatic rings. The Morgan fingerprint density at radius 3 is 2.75 bits per heavy atom. The van der Waals surface area contributed by atoms with Crippen molar-refractivity contribution in [1.29, 1.82) is 0 Å². The second kappa shape index (κ2) is 8.15. The van der Waals surface area contributed by atoms with Crippen molar-refractivity contribution in [1.82, 2.24) is 20.9 Å². The number of aromatic amines is 1. The van der Waals surface area contributed by atoms with Gasteiger partial charge in [-0.1, -0.05) is 0 Å². The van der Waals surface area contributed by atoms with E-state index < -0.39 is 36.0 Å². The molecule has 148 valence electrons. The van der Waals surface area contributed by atoms with Crippen molar-refractivity contribution in [2.45, 2.75) is 18.9 Å². The Balaban J connectivity index is 1.55. The fourth-order valence-corrected chi connectivity index (χ4v) is 3.13. The third kappa shape index (κ3) is 4.33. The van der Waals surface area contributed by atoms with Crippen molar-refractivity contribution in [2.75, 3.05) is 13.1 Å². The lowest BCUT2D eigenvalue weighted by Gasteiger charge is -2.15. The first-order chi connectivity index (χ1) is 13.4. The fraction of sp³-hybridized carbons (Fsp3) is 0.333. The van der Waals surface area contributed by atoms with E-state index in [4.69, 9.17) is 0 Å². The van der Waals surface area contributed by atoms with Crippen LogP contribution in [0.3, 0.4) is 0 Å². The summed E-state index contributed by atoms with van der Waals surface area (Å²) >= 11 is 0. The molecule has 3 amide bonds. The van der Waals surface area contributed by atoms with E-state index in [1.807, 2.05) is 0 Å². The standard InChI is InChI=1S/C18H18F2N4O4/c19-11-3-10-5-14(24-16(10)13(20)6-11)18(28)22-7-15(26)23-12(8-25)4-9-1-2-21-17(9)27/h3,5-6,8-9,12,24H,1-2,4,7H2,(H,21,27)(H,22,28)(H,23,26)/t9?,12-/m0/s1. The van der Waals surface area contributed by atoms with E-state index in [0.29, 0.717) is 25.3 Å². The molecule has 1 aromatic carbocycles. The van der Waals surface area contributed by atoms with Crippen molar-refractivity contribution < 1.29 is 28.0 Å². The van der Waals surface area contributed by atoms with Crippen molar-refractivity contribution in [3.05, 3.63) is 35.5 Å². The summed E-state index contributed by atoms with van der Waals surface area (Å²) in [7, 11) is 0. The minimum absolute atomic E-state index is 0.0214. The van der Waals surface area contributed by atoms with Crippen LogP contribution in [-0.4, -0.2) is 48.1 Å². The van der Waals surface area contributed by atoms with E-state index >= 15 is 0 Å². The van der Waals surface area contributed by atoms with E-state index in [-0.39, 0.29) is 34.8 Å². The first kappa shape index (κ1) is 19.5. The van der Waals surface area contributed by atoms with Crippen molar-refractivity contribution in [3.8, 4) is 0 Å². The van der Waals surface area contributed by atoms with Gasteiger partial charge >= 0.3 is 0 Å². The maximum Gasteiger partial charge on any atom is 0.268 e. The molecule has 1 aromatic heterocycles. The highest BCUT2D eigenvalue weighted by Crippen LogP contribution is 2.20. The number of nitrogens with one attached hydrogen (secondary N) is 4. The first-order valence-corrected chi connectivity index (χ1v) is 8.65. The smallest absolute Gasteiger partial charge is 0.268 e. The SMILES string of the molecule is O=C[C@H](CC1CCNC1=O)NC(=O)CNC(=O)c1cc2cc(F)cc(F)c2[nH]1. The van der Waals surface area contributed by atoms with Gasteiger partial charge in [0.15, 0.2) is 0 Å². The molecule has 0 bridgehead atoms. The number of benzene rings is 1. The van der Waals surface area contributed by atoms with Crippen molar-refractivity contribution >= 4 is 34.9 Å². The van der Waals surface area contributed by atoms with E-state index in [1.165, 1.54) is 6.07 Å². The molecular weight excluding hydrogens is 374 g/mol. The topological polar surface area (TPSA) is 120 Å². The van der Waals surface area contributed by atoms with Gasteiger partial charge in [-0.15, -0.1) is 0 Å². The molecule has 0 saturated carbocycles. The van der Waals surface area contributed by atoms with Gasteiger partial charge in [-0.05, 0) is 25.0 Å². The van der Waals surface area contributed by atoms with Gasteiger partial charge in [0, 0.05) is 23.9 Å². The Kier molecular flexibility index (Phi) is 5.67. The third-order valence-corrected chi connectivity index (χ3v) is 4.51. The summed E-state index contributed by atoms with van der Waals surface area (Å²) < 4.78 is 26.9. The Labute approximate surface area is 158 Å². The number of carbonyl (C=O) groups is 4. The molecule has 0 aliphatic carbocycles. The molecule has 28 heavy (non-hydrogen) atoms. The molecule has 1 aliphatic heterocycles. The molecule has 10 heteroatoms. The minimum Gasteiger partial charge on any atom is -0.356 e. The highest BCUT2D eigenvalue weighted by atomic mass is 19.1. The quantitative estimate of drug-likeness (QED) is 0.510. The van der Waals surface area contributed by atoms with Crippen LogP contribution in [0.2, 0.25) is 0 Å². The predicted molar refractivity (Wildman–Crippen MR) is 94.3 cm³/mol. The summed E-state index contributed by atoms with van der Waals surface area (Å²) in [5.41, 5.74) is -0.0614. The van der Waals surface area contributed by atoms with E-state index in [1.54, 1.807) is 0 Å². The molecule has 8 nitrogen and oxygen atoms in total. The lowest BCUT2D eigenvalue weighted by atomic mass is 9.99. The number of H-pyrrole nitrogens is 1. The third-order valence-electron chi connectivity index (χ3n) is 4.51.